The summed E-state index contributed by atoms with van der Waals surface area (Å²) >= 11 is 1.49. The van der Waals surface area contributed by atoms with Crippen molar-refractivity contribution in [3.8, 4) is 11.5 Å². The van der Waals surface area contributed by atoms with Crippen molar-refractivity contribution in [2.24, 2.45) is 0 Å². The van der Waals surface area contributed by atoms with Gasteiger partial charge in [0.25, 0.3) is 5.91 Å². The van der Waals surface area contributed by atoms with Crippen LogP contribution in [0.4, 0.5) is 0 Å². The molecule has 1 heterocycles. The number of hydrogen-bond donors (Lipinski definition) is 1. The van der Waals surface area contributed by atoms with Crippen LogP contribution in [0.15, 0.2) is 46.9 Å². The van der Waals surface area contributed by atoms with E-state index in [-0.39, 0.29) is 23.1 Å². The van der Waals surface area contributed by atoms with Gasteiger partial charge >= 0.3 is 5.91 Å². The number of nitrogens with zero attached hydrogens (tertiary/aromatic N) is 1. The molecule has 1 N–H and O–H groups in total. The van der Waals surface area contributed by atoms with Crippen LogP contribution >= 0.6 is 11.8 Å². The van der Waals surface area contributed by atoms with Crippen molar-refractivity contribution in [1.29, 1.82) is 0 Å². The van der Waals surface area contributed by atoms with Gasteiger partial charge in [-0.05, 0) is 36.6 Å². The van der Waals surface area contributed by atoms with Gasteiger partial charge in [-0.1, -0.05) is 49.2 Å². The largest absolute Gasteiger partial charge is 0.493 e. The first-order valence-corrected chi connectivity index (χ1v) is 11.8. The molecule has 3 aliphatic rings. The Bertz CT molecular complexity index is 1050. The fourth-order valence-electron chi connectivity index (χ4n) is 4.28. The van der Waals surface area contributed by atoms with E-state index >= 15 is 0 Å². The van der Waals surface area contributed by atoms with Gasteiger partial charge in [0.1, 0.15) is 17.2 Å². The Hall–Kier alpha value is -2.80. The summed E-state index contributed by atoms with van der Waals surface area (Å²) in [6, 6.07) is 5.82. The van der Waals surface area contributed by atoms with Crippen molar-refractivity contribution in [3.63, 3.8) is 0 Å². The molecule has 0 saturated heterocycles. The van der Waals surface area contributed by atoms with Gasteiger partial charge in [0.15, 0.2) is 11.5 Å². The van der Waals surface area contributed by atoms with Gasteiger partial charge in [-0.25, -0.2) is 4.79 Å². The van der Waals surface area contributed by atoms with Gasteiger partial charge in [0, 0.05) is 17.7 Å². The first-order chi connectivity index (χ1) is 15.5. The SMILES string of the molecule is COc1ccc(/C=C2\SC3C=CC(C(=O)NC4CCCCC4)=CC3=[N+](C)C2=O)cc1OC. The number of carbonyl (C=O) groups excluding carboxylic acids is 2. The van der Waals surface area contributed by atoms with Crippen LogP contribution in [0.2, 0.25) is 0 Å². The lowest BCUT2D eigenvalue weighted by Gasteiger charge is -2.24. The number of hydrogen-bond acceptors (Lipinski definition) is 5. The molecule has 7 heteroatoms. The first kappa shape index (κ1) is 22.4. The molecule has 1 atom stereocenters. The molecule has 1 saturated carbocycles. The maximum Gasteiger partial charge on any atom is 0.425 e. The topological polar surface area (TPSA) is 67.6 Å². The number of allylic oxidation sites excluding steroid dienone is 1. The maximum absolute atomic E-state index is 13.1. The number of likely N-dealkylation sites (N-methyl/N-ethyl adjacent to an activating group) is 1. The van der Waals surface area contributed by atoms with E-state index in [9.17, 15) is 9.59 Å². The monoisotopic (exact) mass is 453 g/mol. The molecule has 0 radical (unpaired) electrons. The molecule has 6 nitrogen and oxygen atoms in total. The lowest BCUT2D eigenvalue weighted by molar-refractivity contribution is -0.413. The highest BCUT2D eigenvalue weighted by atomic mass is 32.2. The van der Waals surface area contributed by atoms with Crippen LogP contribution in [0.25, 0.3) is 6.08 Å². The van der Waals surface area contributed by atoms with Crippen LogP contribution in [0.3, 0.4) is 0 Å². The van der Waals surface area contributed by atoms with Crippen molar-refractivity contribution < 1.29 is 23.6 Å². The third-order valence-electron chi connectivity index (χ3n) is 6.11. The molecule has 0 aromatic heterocycles. The Morgan fingerprint density at radius 1 is 1.16 bits per heavy atom. The zero-order chi connectivity index (χ0) is 22.7. The molecule has 1 unspecified atom stereocenters. The minimum Gasteiger partial charge on any atom is -0.493 e. The van der Waals surface area contributed by atoms with Gasteiger partial charge < -0.3 is 14.8 Å². The zero-order valence-electron chi connectivity index (χ0n) is 18.7. The standard InChI is InChI=1S/C25H28N2O4S/c1-27-19-15-17(24(28)26-18-7-5-4-6-8-18)10-12-22(19)32-23(25(27)29)14-16-9-11-20(30-2)21(13-16)31-3/h9-15,18,22H,4-8H2,1-3H3/p+1/b23-14-. The van der Waals surface area contributed by atoms with Crippen molar-refractivity contribution in [1.82, 2.24) is 5.32 Å². The summed E-state index contributed by atoms with van der Waals surface area (Å²) in [6.45, 7) is 0. The van der Waals surface area contributed by atoms with Crippen molar-refractivity contribution in [3.05, 3.63) is 52.5 Å². The van der Waals surface area contributed by atoms with Crippen molar-refractivity contribution in [2.75, 3.05) is 21.3 Å². The molecule has 1 aliphatic heterocycles. The number of fused-ring (bicyclic) bond motifs is 1. The van der Waals surface area contributed by atoms with Crippen LogP contribution in [0.1, 0.15) is 37.7 Å². The van der Waals surface area contributed by atoms with E-state index in [2.05, 4.69) is 5.32 Å². The highest BCUT2D eigenvalue weighted by Gasteiger charge is 2.38. The van der Waals surface area contributed by atoms with E-state index in [0.29, 0.717) is 22.0 Å². The Morgan fingerprint density at radius 2 is 1.91 bits per heavy atom. The third kappa shape index (κ3) is 4.67. The number of carbonyl (C=O) groups is 2. The van der Waals surface area contributed by atoms with E-state index < -0.39 is 0 Å². The van der Waals surface area contributed by atoms with Crippen LogP contribution in [0, 0.1) is 0 Å². The fraction of sp³-hybridized carbons (Fsp3) is 0.400. The van der Waals surface area contributed by atoms with E-state index in [0.717, 1.165) is 24.1 Å². The Morgan fingerprint density at radius 3 is 2.62 bits per heavy atom. The number of ether oxygens (including phenoxy) is 2. The van der Waals surface area contributed by atoms with Crippen LogP contribution < -0.4 is 14.8 Å². The summed E-state index contributed by atoms with van der Waals surface area (Å²) in [5.74, 6) is 1.11. The first-order valence-electron chi connectivity index (χ1n) is 11.0. The summed E-state index contributed by atoms with van der Waals surface area (Å²) in [6.07, 6.45) is 13.3. The summed E-state index contributed by atoms with van der Waals surface area (Å²) in [4.78, 5) is 26.5. The average molecular weight is 454 g/mol. The molecule has 0 bridgehead atoms. The second-order valence-electron chi connectivity index (χ2n) is 8.22. The summed E-state index contributed by atoms with van der Waals surface area (Å²) in [7, 11) is 4.94. The molecule has 0 spiro atoms. The Labute approximate surface area is 193 Å². The highest BCUT2D eigenvalue weighted by molar-refractivity contribution is 8.05. The van der Waals surface area contributed by atoms with E-state index in [1.807, 2.05) is 42.5 Å². The number of rotatable bonds is 5. The molecular formula is C25H29N2O4S+. The molecule has 4 rings (SSSR count). The molecule has 1 aromatic carbocycles. The van der Waals surface area contributed by atoms with Gasteiger partial charge in [-0.3, -0.25) is 4.79 Å². The fourth-order valence-corrected chi connectivity index (χ4v) is 5.50. The lowest BCUT2D eigenvalue weighted by Crippen LogP contribution is -2.40. The van der Waals surface area contributed by atoms with Gasteiger partial charge in [0.05, 0.1) is 14.2 Å². The second kappa shape index (κ2) is 9.77. The summed E-state index contributed by atoms with van der Waals surface area (Å²) < 4.78 is 12.3. The van der Waals surface area contributed by atoms with Gasteiger partial charge in [0.2, 0.25) is 5.71 Å². The minimum atomic E-state index is -0.0883. The van der Waals surface area contributed by atoms with Crippen molar-refractivity contribution >= 4 is 35.4 Å². The number of amides is 2. The lowest BCUT2D eigenvalue weighted by atomic mass is 9.95. The van der Waals surface area contributed by atoms with Gasteiger partial charge in [-0.15, -0.1) is 0 Å². The molecule has 1 fully saturated rings. The van der Waals surface area contributed by atoms with E-state index in [1.165, 1.54) is 31.0 Å². The summed E-state index contributed by atoms with van der Waals surface area (Å²) in [5, 5.41) is 3.14. The Kier molecular flexibility index (Phi) is 6.84. The normalized spacial score (nSPS) is 22.5. The predicted molar refractivity (Wildman–Crippen MR) is 127 cm³/mol. The van der Waals surface area contributed by atoms with Crippen LogP contribution in [-0.2, 0) is 9.59 Å². The van der Waals surface area contributed by atoms with Crippen LogP contribution in [0.5, 0.6) is 11.5 Å². The number of nitrogens with one attached hydrogen (secondary N) is 1. The maximum atomic E-state index is 13.1. The van der Waals surface area contributed by atoms with E-state index in [4.69, 9.17) is 9.47 Å². The quantitative estimate of drug-likeness (QED) is 0.544. The predicted octanol–water partition coefficient (Wildman–Crippen LogP) is 3.72. The number of benzene rings is 1. The smallest absolute Gasteiger partial charge is 0.425 e. The minimum absolute atomic E-state index is 0.0182. The molecule has 32 heavy (non-hydrogen) atoms. The van der Waals surface area contributed by atoms with Crippen LogP contribution in [-0.4, -0.2) is 54.7 Å². The average Bonchev–Trinajstić information content (AvgIpc) is 2.82. The van der Waals surface area contributed by atoms with Crippen molar-refractivity contribution in [2.45, 2.75) is 43.4 Å². The number of thioether (sulfide) groups is 1. The molecule has 1 aromatic rings. The summed E-state index contributed by atoms with van der Waals surface area (Å²) in [5.41, 5.74) is 2.30. The molecular weight excluding hydrogens is 424 g/mol. The molecule has 168 valence electrons. The van der Waals surface area contributed by atoms with E-state index in [1.54, 1.807) is 25.8 Å². The molecule has 2 aliphatic carbocycles. The third-order valence-corrected chi connectivity index (χ3v) is 7.31. The Balaban J connectivity index is 1.55. The second-order valence-corrected chi connectivity index (χ2v) is 9.40. The van der Waals surface area contributed by atoms with Gasteiger partial charge in [-0.2, -0.15) is 4.58 Å². The highest BCUT2D eigenvalue weighted by Crippen LogP contribution is 2.35. The zero-order valence-corrected chi connectivity index (χ0v) is 19.5. The number of methoxy groups -OCH3 is 2. The molecule has 2 amide bonds.